The molecule has 0 saturated carbocycles. The molecule has 0 radical (unpaired) electrons. The summed E-state index contributed by atoms with van der Waals surface area (Å²) in [6, 6.07) is 13.2. The first-order chi connectivity index (χ1) is 11.2. The zero-order chi connectivity index (χ0) is 16.0. The van der Waals surface area contributed by atoms with E-state index >= 15 is 0 Å². The highest BCUT2D eigenvalue weighted by molar-refractivity contribution is 6.05. The number of fused-ring (bicyclic) bond motifs is 3. The molecule has 2 aromatic rings. The third-order valence-electron chi connectivity index (χ3n) is 4.92. The van der Waals surface area contributed by atoms with E-state index in [4.69, 9.17) is 9.84 Å². The SMILES string of the molecule is COc1ccc2c(c1)CC[C@@H]1C2=NN(C)[C@H]1c1ccc(F)cc1. The highest BCUT2D eigenvalue weighted by atomic mass is 19.1. The molecule has 1 aliphatic heterocycles. The Bertz CT molecular complexity index is 769. The lowest BCUT2D eigenvalue weighted by Gasteiger charge is -2.29. The van der Waals surface area contributed by atoms with Gasteiger partial charge in [0.1, 0.15) is 11.6 Å². The standard InChI is InChI=1S/C19H19FN2O/c1-22-19(12-3-6-14(20)7-4-12)17-9-5-13-11-15(23-2)8-10-16(13)18(17)21-22/h3-4,6-8,10-11,17,19H,5,9H2,1-2H3/t17-,19+/m1/s1. The molecule has 4 heteroatoms. The first-order valence-electron chi connectivity index (χ1n) is 7.91. The van der Waals surface area contributed by atoms with E-state index in [0.29, 0.717) is 5.92 Å². The van der Waals surface area contributed by atoms with Crippen LogP contribution in [0.1, 0.15) is 29.2 Å². The van der Waals surface area contributed by atoms with E-state index in [0.717, 1.165) is 29.9 Å². The van der Waals surface area contributed by atoms with Crippen molar-refractivity contribution >= 4 is 5.71 Å². The van der Waals surface area contributed by atoms with Gasteiger partial charge in [-0.15, -0.1) is 0 Å². The molecule has 0 saturated heterocycles. The summed E-state index contributed by atoms with van der Waals surface area (Å²) in [6.07, 6.45) is 2.06. The van der Waals surface area contributed by atoms with E-state index in [-0.39, 0.29) is 11.9 Å². The van der Waals surface area contributed by atoms with Gasteiger partial charge >= 0.3 is 0 Å². The Morgan fingerprint density at radius 3 is 2.70 bits per heavy atom. The fourth-order valence-corrected chi connectivity index (χ4v) is 3.84. The van der Waals surface area contributed by atoms with Crippen LogP contribution in [0.25, 0.3) is 0 Å². The second-order valence-electron chi connectivity index (χ2n) is 6.22. The first-order valence-corrected chi connectivity index (χ1v) is 7.91. The molecule has 0 spiro atoms. The number of hydrogen-bond donors (Lipinski definition) is 0. The molecule has 0 aromatic heterocycles. The maximum Gasteiger partial charge on any atom is 0.123 e. The van der Waals surface area contributed by atoms with Gasteiger partial charge < -0.3 is 4.74 Å². The quantitative estimate of drug-likeness (QED) is 0.843. The minimum atomic E-state index is -0.198. The molecule has 0 N–H and O–H groups in total. The molecule has 2 aliphatic rings. The smallest absolute Gasteiger partial charge is 0.123 e. The largest absolute Gasteiger partial charge is 0.497 e. The number of rotatable bonds is 2. The van der Waals surface area contributed by atoms with Crippen LogP contribution in [-0.4, -0.2) is 24.9 Å². The van der Waals surface area contributed by atoms with E-state index < -0.39 is 0 Å². The topological polar surface area (TPSA) is 24.8 Å². The number of aryl methyl sites for hydroxylation is 1. The minimum absolute atomic E-state index is 0.181. The van der Waals surface area contributed by atoms with Crippen molar-refractivity contribution in [2.75, 3.05) is 14.2 Å². The number of nitrogens with zero attached hydrogens (tertiary/aromatic N) is 2. The molecule has 0 bridgehead atoms. The van der Waals surface area contributed by atoms with Crippen molar-refractivity contribution < 1.29 is 9.13 Å². The van der Waals surface area contributed by atoms with Crippen LogP contribution in [0.4, 0.5) is 4.39 Å². The maximum absolute atomic E-state index is 13.2. The average molecular weight is 310 g/mol. The summed E-state index contributed by atoms with van der Waals surface area (Å²) in [6.45, 7) is 0. The molecule has 118 valence electrons. The highest BCUT2D eigenvalue weighted by Crippen LogP contribution is 2.43. The van der Waals surface area contributed by atoms with Gasteiger partial charge in [0.2, 0.25) is 0 Å². The Labute approximate surface area is 135 Å². The monoisotopic (exact) mass is 310 g/mol. The summed E-state index contributed by atoms with van der Waals surface area (Å²) >= 11 is 0. The molecule has 23 heavy (non-hydrogen) atoms. The van der Waals surface area contributed by atoms with E-state index in [1.807, 2.05) is 30.3 Å². The van der Waals surface area contributed by atoms with Crippen LogP contribution in [0.3, 0.4) is 0 Å². The second-order valence-corrected chi connectivity index (χ2v) is 6.22. The molecular weight excluding hydrogens is 291 g/mol. The maximum atomic E-state index is 13.2. The number of ether oxygens (including phenoxy) is 1. The molecule has 4 rings (SSSR count). The summed E-state index contributed by atoms with van der Waals surface area (Å²) in [5.41, 5.74) is 4.78. The zero-order valence-electron chi connectivity index (χ0n) is 13.3. The predicted octanol–water partition coefficient (Wildman–Crippen LogP) is 3.79. The minimum Gasteiger partial charge on any atom is -0.497 e. The van der Waals surface area contributed by atoms with Crippen LogP contribution in [-0.2, 0) is 6.42 Å². The van der Waals surface area contributed by atoms with E-state index in [1.54, 1.807) is 7.11 Å². The number of halogens is 1. The summed E-state index contributed by atoms with van der Waals surface area (Å²) in [5, 5.41) is 6.82. The number of benzene rings is 2. The van der Waals surface area contributed by atoms with Crippen molar-refractivity contribution in [3.8, 4) is 5.75 Å². The fourth-order valence-electron chi connectivity index (χ4n) is 3.84. The highest BCUT2D eigenvalue weighted by Gasteiger charge is 2.39. The van der Waals surface area contributed by atoms with Crippen molar-refractivity contribution in [2.24, 2.45) is 11.0 Å². The summed E-state index contributed by atoms with van der Waals surface area (Å²) in [4.78, 5) is 0. The van der Waals surface area contributed by atoms with Crippen LogP contribution in [0.15, 0.2) is 47.6 Å². The predicted molar refractivity (Wildman–Crippen MR) is 88.2 cm³/mol. The van der Waals surface area contributed by atoms with Gasteiger partial charge in [-0.25, -0.2) is 4.39 Å². The van der Waals surface area contributed by atoms with Gasteiger partial charge in [0.15, 0.2) is 0 Å². The van der Waals surface area contributed by atoms with Gasteiger partial charge in [-0.1, -0.05) is 12.1 Å². The fraction of sp³-hybridized carbons (Fsp3) is 0.316. The van der Waals surface area contributed by atoms with Crippen LogP contribution in [0, 0.1) is 11.7 Å². The van der Waals surface area contributed by atoms with Gasteiger partial charge in [0.25, 0.3) is 0 Å². The normalized spacial score (nSPS) is 22.4. The zero-order valence-corrected chi connectivity index (χ0v) is 13.3. The van der Waals surface area contributed by atoms with E-state index in [9.17, 15) is 4.39 Å². The van der Waals surface area contributed by atoms with Gasteiger partial charge in [0.05, 0.1) is 18.9 Å². The van der Waals surface area contributed by atoms with Crippen LogP contribution in [0.5, 0.6) is 5.75 Å². The lowest BCUT2D eigenvalue weighted by atomic mass is 9.77. The summed E-state index contributed by atoms with van der Waals surface area (Å²) < 4.78 is 18.5. The second kappa shape index (κ2) is 5.37. The Hall–Kier alpha value is -2.36. The molecular formula is C19H19FN2O. The molecule has 0 fully saturated rings. The summed E-state index contributed by atoms with van der Waals surface area (Å²) in [7, 11) is 3.70. The molecule has 1 heterocycles. The van der Waals surface area contributed by atoms with Gasteiger partial charge in [-0.3, -0.25) is 5.01 Å². The lowest BCUT2D eigenvalue weighted by Crippen LogP contribution is -2.27. The average Bonchev–Trinajstić information content (AvgIpc) is 2.91. The number of hydrazone groups is 1. The van der Waals surface area contributed by atoms with Gasteiger partial charge in [-0.2, -0.15) is 5.10 Å². The van der Waals surface area contributed by atoms with Crippen molar-refractivity contribution in [1.29, 1.82) is 0 Å². The Morgan fingerprint density at radius 2 is 1.96 bits per heavy atom. The molecule has 2 atom stereocenters. The van der Waals surface area contributed by atoms with E-state index in [1.165, 1.54) is 23.3 Å². The van der Waals surface area contributed by atoms with E-state index in [2.05, 4.69) is 12.1 Å². The molecule has 2 aromatic carbocycles. The first kappa shape index (κ1) is 14.2. The van der Waals surface area contributed by atoms with Gasteiger partial charge in [0, 0.05) is 18.5 Å². The van der Waals surface area contributed by atoms with Crippen LogP contribution >= 0.6 is 0 Å². The molecule has 1 aliphatic carbocycles. The summed E-state index contributed by atoms with van der Waals surface area (Å²) in [5.74, 6) is 1.05. The van der Waals surface area contributed by atoms with Crippen LogP contribution < -0.4 is 4.74 Å². The number of hydrogen-bond acceptors (Lipinski definition) is 3. The van der Waals surface area contributed by atoms with Crippen LogP contribution in [0.2, 0.25) is 0 Å². The third kappa shape index (κ3) is 2.29. The van der Waals surface area contributed by atoms with Gasteiger partial charge in [-0.05, 0) is 54.3 Å². The molecule has 3 nitrogen and oxygen atoms in total. The Kier molecular flexibility index (Phi) is 3.33. The third-order valence-corrected chi connectivity index (χ3v) is 4.92. The van der Waals surface area contributed by atoms with Crippen molar-refractivity contribution in [1.82, 2.24) is 5.01 Å². The Morgan fingerprint density at radius 1 is 1.17 bits per heavy atom. The molecule has 0 unspecified atom stereocenters. The van der Waals surface area contributed by atoms with Crippen molar-refractivity contribution in [3.05, 3.63) is 65.0 Å². The van der Waals surface area contributed by atoms with Crippen molar-refractivity contribution in [3.63, 3.8) is 0 Å². The molecule has 0 amide bonds. The number of methoxy groups -OCH3 is 1. The Balaban J connectivity index is 1.71. The van der Waals surface area contributed by atoms with Crippen molar-refractivity contribution in [2.45, 2.75) is 18.9 Å². The lowest BCUT2D eigenvalue weighted by molar-refractivity contribution is 0.243.